The SMILES string of the molecule is CNCc1cc(Br)ccc1OC1CCCC1O. The van der Waals surface area contributed by atoms with E-state index >= 15 is 0 Å². The quantitative estimate of drug-likeness (QED) is 0.897. The lowest BCUT2D eigenvalue weighted by atomic mass is 10.2. The Hall–Kier alpha value is -0.580. The number of hydrogen-bond donors (Lipinski definition) is 2. The van der Waals surface area contributed by atoms with Gasteiger partial charge in [-0.15, -0.1) is 0 Å². The summed E-state index contributed by atoms with van der Waals surface area (Å²) in [5.74, 6) is 0.869. The molecule has 1 aromatic rings. The van der Waals surface area contributed by atoms with E-state index in [1.54, 1.807) is 0 Å². The minimum atomic E-state index is -0.318. The summed E-state index contributed by atoms with van der Waals surface area (Å²) >= 11 is 3.46. The Morgan fingerprint density at radius 3 is 2.94 bits per heavy atom. The Balaban J connectivity index is 2.13. The molecule has 1 fully saturated rings. The molecule has 94 valence electrons. The third kappa shape index (κ3) is 3.21. The number of benzene rings is 1. The first kappa shape index (κ1) is 12.9. The van der Waals surface area contributed by atoms with Gasteiger partial charge in [0, 0.05) is 16.6 Å². The number of ether oxygens (including phenoxy) is 1. The van der Waals surface area contributed by atoms with E-state index in [1.165, 1.54) is 0 Å². The second-order valence-corrected chi connectivity index (χ2v) is 5.35. The summed E-state index contributed by atoms with van der Waals surface area (Å²) in [6.07, 6.45) is 2.47. The van der Waals surface area contributed by atoms with Gasteiger partial charge in [-0.05, 0) is 44.5 Å². The summed E-state index contributed by atoms with van der Waals surface area (Å²) in [5.41, 5.74) is 1.11. The average molecular weight is 300 g/mol. The average Bonchev–Trinajstić information content (AvgIpc) is 2.69. The van der Waals surface area contributed by atoms with Gasteiger partial charge in [0.15, 0.2) is 0 Å². The molecule has 0 amide bonds. The van der Waals surface area contributed by atoms with Crippen LogP contribution in [0.5, 0.6) is 5.75 Å². The van der Waals surface area contributed by atoms with Gasteiger partial charge in [0.1, 0.15) is 11.9 Å². The fourth-order valence-electron chi connectivity index (χ4n) is 2.20. The van der Waals surface area contributed by atoms with Crippen molar-refractivity contribution in [2.45, 2.75) is 38.0 Å². The number of nitrogens with one attached hydrogen (secondary N) is 1. The number of hydrogen-bond acceptors (Lipinski definition) is 3. The van der Waals surface area contributed by atoms with Crippen LogP contribution in [0, 0.1) is 0 Å². The van der Waals surface area contributed by atoms with Crippen molar-refractivity contribution in [3.05, 3.63) is 28.2 Å². The first-order valence-electron chi connectivity index (χ1n) is 5.98. The minimum Gasteiger partial charge on any atom is -0.487 e. The molecule has 2 rings (SSSR count). The predicted octanol–water partition coefficient (Wildman–Crippen LogP) is 2.46. The molecule has 0 spiro atoms. The summed E-state index contributed by atoms with van der Waals surface area (Å²) in [5, 5.41) is 12.9. The van der Waals surface area contributed by atoms with Gasteiger partial charge in [0.2, 0.25) is 0 Å². The van der Waals surface area contributed by atoms with Crippen molar-refractivity contribution in [2.24, 2.45) is 0 Å². The summed E-state index contributed by atoms with van der Waals surface area (Å²) in [4.78, 5) is 0. The summed E-state index contributed by atoms with van der Waals surface area (Å²) in [6.45, 7) is 0.761. The van der Waals surface area contributed by atoms with E-state index in [4.69, 9.17) is 4.74 Å². The third-order valence-corrected chi connectivity index (χ3v) is 3.58. The highest BCUT2D eigenvalue weighted by atomic mass is 79.9. The second kappa shape index (κ2) is 5.85. The van der Waals surface area contributed by atoms with E-state index in [-0.39, 0.29) is 12.2 Å². The van der Waals surface area contributed by atoms with Crippen LogP contribution in [0.1, 0.15) is 24.8 Å². The summed E-state index contributed by atoms with van der Waals surface area (Å²) in [6, 6.07) is 5.98. The van der Waals surface area contributed by atoms with Crippen LogP contribution in [0.15, 0.2) is 22.7 Å². The van der Waals surface area contributed by atoms with Crippen LogP contribution >= 0.6 is 15.9 Å². The minimum absolute atomic E-state index is 0.0493. The normalized spacial score (nSPS) is 23.9. The molecule has 1 aliphatic carbocycles. The zero-order valence-corrected chi connectivity index (χ0v) is 11.5. The number of rotatable bonds is 4. The largest absolute Gasteiger partial charge is 0.487 e. The van der Waals surface area contributed by atoms with E-state index in [9.17, 15) is 5.11 Å². The van der Waals surface area contributed by atoms with Crippen molar-refractivity contribution in [3.8, 4) is 5.75 Å². The molecule has 17 heavy (non-hydrogen) atoms. The van der Waals surface area contributed by atoms with Gasteiger partial charge >= 0.3 is 0 Å². The molecule has 0 aromatic heterocycles. The number of aliphatic hydroxyl groups is 1. The van der Waals surface area contributed by atoms with E-state index in [0.29, 0.717) is 0 Å². The predicted molar refractivity (Wildman–Crippen MR) is 71.2 cm³/mol. The van der Waals surface area contributed by atoms with Gasteiger partial charge in [0.25, 0.3) is 0 Å². The first-order chi connectivity index (χ1) is 8.20. The van der Waals surface area contributed by atoms with Crippen molar-refractivity contribution in [1.29, 1.82) is 0 Å². The van der Waals surface area contributed by atoms with Crippen LogP contribution in [-0.4, -0.2) is 24.4 Å². The fraction of sp³-hybridized carbons (Fsp3) is 0.538. The van der Waals surface area contributed by atoms with Gasteiger partial charge in [-0.1, -0.05) is 15.9 Å². The lowest BCUT2D eigenvalue weighted by molar-refractivity contribution is 0.0597. The van der Waals surface area contributed by atoms with Crippen molar-refractivity contribution in [2.75, 3.05) is 7.05 Å². The van der Waals surface area contributed by atoms with Crippen LogP contribution < -0.4 is 10.1 Å². The maximum atomic E-state index is 9.78. The zero-order chi connectivity index (χ0) is 12.3. The monoisotopic (exact) mass is 299 g/mol. The van der Waals surface area contributed by atoms with E-state index in [2.05, 4.69) is 21.2 Å². The molecule has 0 heterocycles. The Morgan fingerprint density at radius 1 is 1.47 bits per heavy atom. The molecule has 1 saturated carbocycles. The van der Waals surface area contributed by atoms with Crippen LogP contribution in [0.2, 0.25) is 0 Å². The second-order valence-electron chi connectivity index (χ2n) is 4.44. The van der Waals surface area contributed by atoms with Gasteiger partial charge in [-0.25, -0.2) is 0 Å². The fourth-order valence-corrected chi connectivity index (χ4v) is 2.61. The lowest BCUT2D eigenvalue weighted by Gasteiger charge is -2.19. The van der Waals surface area contributed by atoms with E-state index in [1.807, 2.05) is 25.2 Å². The highest BCUT2D eigenvalue weighted by molar-refractivity contribution is 9.10. The molecule has 2 unspecified atom stereocenters. The van der Waals surface area contributed by atoms with Crippen molar-refractivity contribution in [1.82, 2.24) is 5.32 Å². The summed E-state index contributed by atoms with van der Waals surface area (Å²) < 4.78 is 6.96. The topological polar surface area (TPSA) is 41.5 Å². The molecular formula is C13H18BrNO2. The maximum Gasteiger partial charge on any atom is 0.124 e. The standard InChI is InChI=1S/C13H18BrNO2/c1-15-8-9-7-10(14)5-6-12(9)17-13-4-2-3-11(13)16/h5-7,11,13,15-16H,2-4,8H2,1H3. The molecule has 3 nitrogen and oxygen atoms in total. The van der Waals surface area contributed by atoms with E-state index in [0.717, 1.165) is 41.6 Å². The molecule has 0 bridgehead atoms. The van der Waals surface area contributed by atoms with Crippen molar-refractivity contribution >= 4 is 15.9 Å². The molecule has 0 saturated heterocycles. The van der Waals surface area contributed by atoms with Crippen molar-refractivity contribution < 1.29 is 9.84 Å². The van der Waals surface area contributed by atoms with Gasteiger partial charge in [0.05, 0.1) is 6.10 Å². The molecule has 4 heteroatoms. The van der Waals surface area contributed by atoms with Crippen LogP contribution in [-0.2, 0) is 6.54 Å². The molecule has 0 aliphatic heterocycles. The number of halogens is 1. The molecule has 2 atom stereocenters. The van der Waals surface area contributed by atoms with Gasteiger partial charge in [-0.3, -0.25) is 0 Å². The lowest BCUT2D eigenvalue weighted by Crippen LogP contribution is -2.26. The molecular weight excluding hydrogens is 282 g/mol. The molecule has 1 aromatic carbocycles. The van der Waals surface area contributed by atoms with Gasteiger partial charge < -0.3 is 15.2 Å². The van der Waals surface area contributed by atoms with Crippen LogP contribution in [0.4, 0.5) is 0 Å². The Labute approximate surface area is 110 Å². The first-order valence-corrected chi connectivity index (χ1v) is 6.77. The molecule has 1 aliphatic rings. The molecule has 2 N–H and O–H groups in total. The zero-order valence-electron chi connectivity index (χ0n) is 9.95. The van der Waals surface area contributed by atoms with Gasteiger partial charge in [-0.2, -0.15) is 0 Å². The Bertz CT molecular complexity index is 384. The van der Waals surface area contributed by atoms with Crippen LogP contribution in [0.3, 0.4) is 0 Å². The Morgan fingerprint density at radius 2 is 2.29 bits per heavy atom. The van der Waals surface area contributed by atoms with E-state index < -0.39 is 0 Å². The maximum absolute atomic E-state index is 9.78. The molecule has 0 radical (unpaired) electrons. The number of aliphatic hydroxyl groups excluding tert-OH is 1. The van der Waals surface area contributed by atoms with Crippen LogP contribution in [0.25, 0.3) is 0 Å². The highest BCUT2D eigenvalue weighted by Crippen LogP contribution is 2.28. The third-order valence-electron chi connectivity index (χ3n) is 3.09. The Kier molecular flexibility index (Phi) is 4.42. The summed E-state index contributed by atoms with van der Waals surface area (Å²) in [7, 11) is 1.91. The smallest absolute Gasteiger partial charge is 0.124 e. The highest BCUT2D eigenvalue weighted by Gasteiger charge is 2.27. The van der Waals surface area contributed by atoms with Crippen molar-refractivity contribution in [3.63, 3.8) is 0 Å².